The van der Waals surface area contributed by atoms with Crippen molar-refractivity contribution in [1.29, 1.82) is 0 Å². The molecule has 4 rings (SSSR count). The molecular formula is C27H27N3O4. The number of imidazole rings is 1. The number of carboxylic acids is 1. The SMILES string of the molecule is Cc1nc2cc(C(=O)N(CC(=O)O)Cc3ccccc3OC(C)C)ccc2n1-c1ccccc1. The van der Waals surface area contributed by atoms with Gasteiger partial charge in [-0.3, -0.25) is 14.2 Å². The van der Waals surface area contributed by atoms with E-state index in [0.717, 1.165) is 22.6 Å². The number of benzene rings is 3. The third-order valence-electron chi connectivity index (χ3n) is 5.39. The summed E-state index contributed by atoms with van der Waals surface area (Å²) in [5.74, 6) is -0.0298. The summed E-state index contributed by atoms with van der Waals surface area (Å²) in [6.07, 6.45) is -0.0462. The summed E-state index contributed by atoms with van der Waals surface area (Å²) in [6, 6.07) is 22.5. The summed E-state index contributed by atoms with van der Waals surface area (Å²) >= 11 is 0. The number of carbonyl (C=O) groups excluding carboxylic acids is 1. The van der Waals surface area contributed by atoms with E-state index in [1.165, 1.54) is 4.90 Å². The fraction of sp³-hybridized carbons (Fsp3) is 0.222. The third kappa shape index (κ3) is 4.93. The van der Waals surface area contributed by atoms with Crippen LogP contribution in [0.5, 0.6) is 5.75 Å². The quantitative estimate of drug-likeness (QED) is 0.409. The van der Waals surface area contributed by atoms with E-state index in [4.69, 9.17) is 4.74 Å². The maximum Gasteiger partial charge on any atom is 0.323 e. The second-order valence-corrected chi connectivity index (χ2v) is 8.36. The molecule has 174 valence electrons. The Balaban J connectivity index is 1.67. The van der Waals surface area contributed by atoms with Crippen LogP contribution in [0, 0.1) is 6.92 Å². The Morgan fingerprint density at radius 2 is 1.74 bits per heavy atom. The Morgan fingerprint density at radius 1 is 1.03 bits per heavy atom. The van der Waals surface area contributed by atoms with E-state index in [1.54, 1.807) is 12.1 Å². The van der Waals surface area contributed by atoms with Crippen molar-refractivity contribution in [3.63, 3.8) is 0 Å². The first-order chi connectivity index (χ1) is 16.3. The molecule has 4 aromatic rings. The van der Waals surface area contributed by atoms with Gasteiger partial charge in [-0.2, -0.15) is 0 Å². The molecule has 0 saturated carbocycles. The number of rotatable bonds is 8. The van der Waals surface area contributed by atoms with E-state index in [-0.39, 0.29) is 18.6 Å². The average molecular weight is 458 g/mol. The molecule has 0 spiro atoms. The van der Waals surface area contributed by atoms with E-state index in [1.807, 2.05) is 86.0 Å². The Morgan fingerprint density at radius 3 is 2.44 bits per heavy atom. The molecule has 7 nitrogen and oxygen atoms in total. The largest absolute Gasteiger partial charge is 0.491 e. The Kier molecular flexibility index (Phi) is 6.63. The molecule has 0 atom stereocenters. The Labute approximate surface area is 198 Å². The molecule has 0 aliphatic carbocycles. The number of carbonyl (C=O) groups is 2. The van der Waals surface area contributed by atoms with Crippen molar-refractivity contribution in [1.82, 2.24) is 14.5 Å². The smallest absolute Gasteiger partial charge is 0.323 e. The number of amides is 1. The van der Waals surface area contributed by atoms with E-state index >= 15 is 0 Å². The fourth-order valence-corrected chi connectivity index (χ4v) is 3.99. The van der Waals surface area contributed by atoms with Crippen LogP contribution in [0.4, 0.5) is 0 Å². The van der Waals surface area contributed by atoms with Crippen molar-refractivity contribution in [2.75, 3.05) is 6.54 Å². The maximum absolute atomic E-state index is 13.4. The van der Waals surface area contributed by atoms with Gasteiger partial charge in [-0.25, -0.2) is 4.98 Å². The molecule has 0 fully saturated rings. The van der Waals surface area contributed by atoms with Crippen LogP contribution in [0.3, 0.4) is 0 Å². The van der Waals surface area contributed by atoms with Gasteiger partial charge in [0.05, 0.1) is 23.7 Å². The molecule has 3 aromatic carbocycles. The monoisotopic (exact) mass is 457 g/mol. The third-order valence-corrected chi connectivity index (χ3v) is 5.39. The Bertz CT molecular complexity index is 1330. The summed E-state index contributed by atoms with van der Waals surface area (Å²) in [7, 11) is 0. The number of ether oxygens (including phenoxy) is 1. The van der Waals surface area contributed by atoms with Crippen LogP contribution in [0.1, 0.15) is 35.6 Å². The molecule has 7 heteroatoms. The van der Waals surface area contributed by atoms with Gasteiger partial charge in [0, 0.05) is 16.8 Å². The van der Waals surface area contributed by atoms with Crippen molar-refractivity contribution in [2.45, 2.75) is 33.4 Å². The first-order valence-corrected chi connectivity index (χ1v) is 11.1. The summed E-state index contributed by atoms with van der Waals surface area (Å²) in [5, 5.41) is 9.47. The first-order valence-electron chi connectivity index (χ1n) is 11.1. The average Bonchev–Trinajstić information content (AvgIpc) is 3.14. The van der Waals surface area contributed by atoms with Crippen molar-refractivity contribution in [2.24, 2.45) is 0 Å². The van der Waals surface area contributed by atoms with Crippen LogP contribution in [0.25, 0.3) is 16.7 Å². The maximum atomic E-state index is 13.4. The number of carboxylic acid groups (broad SMARTS) is 1. The molecule has 0 radical (unpaired) electrons. The normalized spacial score (nSPS) is 11.1. The molecule has 1 heterocycles. The standard InChI is InChI=1S/C27H27N3O4/c1-18(2)34-25-12-8-7-9-21(25)16-29(17-26(31)32)27(33)20-13-14-24-23(15-20)28-19(3)30(24)22-10-5-4-6-11-22/h4-15,18H,16-17H2,1-3H3,(H,31,32). The number of hydrogen-bond donors (Lipinski definition) is 1. The lowest BCUT2D eigenvalue weighted by Gasteiger charge is -2.23. The van der Waals surface area contributed by atoms with Gasteiger partial charge in [0.1, 0.15) is 18.1 Å². The van der Waals surface area contributed by atoms with Gasteiger partial charge >= 0.3 is 5.97 Å². The van der Waals surface area contributed by atoms with Gasteiger partial charge in [-0.15, -0.1) is 0 Å². The number of para-hydroxylation sites is 2. The second-order valence-electron chi connectivity index (χ2n) is 8.36. The van der Waals surface area contributed by atoms with Gasteiger partial charge in [0.2, 0.25) is 0 Å². The lowest BCUT2D eigenvalue weighted by molar-refractivity contribution is -0.137. The van der Waals surface area contributed by atoms with E-state index in [9.17, 15) is 14.7 Å². The molecule has 0 aliphatic heterocycles. The summed E-state index contributed by atoms with van der Waals surface area (Å²) in [6.45, 7) is 5.44. The fourth-order valence-electron chi connectivity index (χ4n) is 3.99. The number of aryl methyl sites for hydroxylation is 1. The minimum absolute atomic E-state index is 0.0462. The molecule has 0 aliphatic rings. The highest BCUT2D eigenvalue weighted by atomic mass is 16.5. The zero-order valence-electron chi connectivity index (χ0n) is 19.4. The van der Waals surface area contributed by atoms with Crippen LogP contribution in [-0.4, -0.2) is 44.1 Å². The topological polar surface area (TPSA) is 84.7 Å². The predicted molar refractivity (Wildman–Crippen MR) is 130 cm³/mol. The summed E-state index contributed by atoms with van der Waals surface area (Å²) in [4.78, 5) is 30.9. The Hall–Kier alpha value is -4.13. The lowest BCUT2D eigenvalue weighted by Crippen LogP contribution is -2.35. The molecule has 0 bridgehead atoms. The van der Waals surface area contributed by atoms with Gasteiger partial charge < -0.3 is 14.7 Å². The van der Waals surface area contributed by atoms with E-state index < -0.39 is 12.5 Å². The molecular weight excluding hydrogens is 430 g/mol. The highest BCUT2D eigenvalue weighted by molar-refractivity contribution is 5.99. The zero-order valence-corrected chi connectivity index (χ0v) is 19.4. The van der Waals surface area contributed by atoms with Crippen LogP contribution >= 0.6 is 0 Å². The highest BCUT2D eigenvalue weighted by Gasteiger charge is 2.22. The first kappa shape index (κ1) is 23.0. The zero-order chi connectivity index (χ0) is 24.2. The highest BCUT2D eigenvalue weighted by Crippen LogP contribution is 2.25. The van der Waals surface area contributed by atoms with Crippen LogP contribution in [-0.2, 0) is 11.3 Å². The van der Waals surface area contributed by atoms with Crippen molar-refractivity contribution >= 4 is 22.9 Å². The minimum Gasteiger partial charge on any atom is -0.491 e. The van der Waals surface area contributed by atoms with Gasteiger partial charge in [-0.1, -0.05) is 36.4 Å². The van der Waals surface area contributed by atoms with Gasteiger partial charge in [0.15, 0.2) is 0 Å². The van der Waals surface area contributed by atoms with Crippen molar-refractivity contribution in [3.05, 3.63) is 89.7 Å². The molecule has 0 saturated heterocycles. The number of nitrogens with zero attached hydrogens (tertiary/aromatic N) is 3. The van der Waals surface area contributed by atoms with Crippen LogP contribution in [0.2, 0.25) is 0 Å². The second kappa shape index (κ2) is 9.79. The van der Waals surface area contributed by atoms with Gasteiger partial charge in [0.25, 0.3) is 5.91 Å². The van der Waals surface area contributed by atoms with E-state index in [2.05, 4.69) is 4.98 Å². The number of fused-ring (bicyclic) bond motifs is 1. The molecule has 34 heavy (non-hydrogen) atoms. The number of aliphatic carboxylic acids is 1. The number of aromatic nitrogens is 2. The lowest BCUT2D eigenvalue weighted by atomic mass is 10.1. The van der Waals surface area contributed by atoms with Crippen LogP contribution in [0.15, 0.2) is 72.8 Å². The molecule has 1 aromatic heterocycles. The number of hydrogen-bond acceptors (Lipinski definition) is 4. The van der Waals surface area contributed by atoms with Crippen molar-refractivity contribution in [3.8, 4) is 11.4 Å². The summed E-state index contributed by atoms with van der Waals surface area (Å²) in [5.41, 5.74) is 3.66. The molecule has 1 amide bonds. The van der Waals surface area contributed by atoms with Gasteiger partial charge in [-0.05, 0) is 57.2 Å². The summed E-state index contributed by atoms with van der Waals surface area (Å²) < 4.78 is 7.88. The van der Waals surface area contributed by atoms with E-state index in [0.29, 0.717) is 16.8 Å². The predicted octanol–water partition coefficient (Wildman–Crippen LogP) is 4.85. The molecule has 0 unspecified atom stereocenters. The molecule has 1 N–H and O–H groups in total. The minimum atomic E-state index is -1.08. The van der Waals surface area contributed by atoms with Crippen LogP contribution < -0.4 is 4.74 Å². The van der Waals surface area contributed by atoms with Crippen molar-refractivity contribution < 1.29 is 19.4 Å².